The van der Waals surface area contributed by atoms with Gasteiger partial charge in [-0.3, -0.25) is 9.36 Å². The van der Waals surface area contributed by atoms with Gasteiger partial charge < -0.3 is 9.52 Å². The smallest absolute Gasteiger partial charge is 0.262 e. The van der Waals surface area contributed by atoms with E-state index in [2.05, 4.69) is 15.2 Å². The molecule has 0 saturated carbocycles. The Morgan fingerprint density at radius 2 is 1.90 bits per heavy atom. The lowest BCUT2D eigenvalue weighted by Crippen LogP contribution is -2.24. The Bertz CT molecular complexity index is 1210. The van der Waals surface area contributed by atoms with Gasteiger partial charge in [-0.05, 0) is 30.7 Å². The summed E-state index contributed by atoms with van der Waals surface area (Å²) in [5.74, 6) is 1.10. The molecule has 29 heavy (non-hydrogen) atoms. The molecule has 0 atom stereocenters. The maximum atomic E-state index is 12.9. The molecule has 0 aliphatic carbocycles. The van der Waals surface area contributed by atoms with E-state index in [0.29, 0.717) is 57.1 Å². The number of para-hydroxylation sites is 1. The van der Waals surface area contributed by atoms with E-state index in [4.69, 9.17) is 16.0 Å². The van der Waals surface area contributed by atoms with E-state index in [1.807, 2.05) is 30.3 Å². The second kappa shape index (κ2) is 8.77. The molecule has 0 aliphatic heterocycles. The molecule has 0 unspecified atom stereocenters. The molecular formula is C20H17ClN4O3S. The van der Waals surface area contributed by atoms with Gasteiger partial charge in [0.15, 0.2) is 5.16 Å². The lowest BCUT2D eigenvalue weighted by Gasteiger charge is -2.11. The van der Waals surface area contributed by atoms with Crippen LogP contribution < -0.4 is 5.56 Å². The van der Waals surface area contributed by atoms with E-state index in [1.165, 1.54) is 11.8 Å². The van der Waals surface area contributed by atoms with Crippen molar-refractivity contribution in [2.45, 2.75) is 23.9 Å². The number of hydrogen-bond donors (Lipinski definition) is 1. The molecule has 0 saturated heterocycles. The minimum atomic E-state index is -0.131. The van der Waals surface area contributed by atoms with Crippen LogP contribution in [0.25, 0.3) is 22.4 Å². The highest BCUT2D eigenvalue weighted by molar-refractivity contribution is 7.98. The second-order valence-corrected chi connectivity index (χ2v) is 7.56. The van der Waals surface area contributed by atoms with Gasteiger partial charge in [0.25, 0.3) is 5.56 Å². The molecule has 2 aromatic heterocycles. The molecule has 0 radical (unpaired) electrons. The van der Waals surface area contributed by atoms with Crippen molar-refractivity contribution in [3.8, 4) is 11.5 Å². The number of fused-ring (bicyclic) bond motifs is 1. The van der Waals surface area contributed by atoms with Crippen LogP contribution in [0.3, 0.4) is 0 Å². The highest BCUT2D eigenvalue weighted by Crippen LogP contribution is 2.28. The molecule has 148 valence electrons. The van der Waals surface area contributed by atoms with E-state index in [9.17, 15) is 9.90 Å². The topological polar surface area (TPSA) is 94.0 Å². The zero-order chi connectivity index (χ0) is 20.2. The standard InChI is InChI=1S/C20H17ClN4O3S/c21-15-8-3-1-6-13(15)18-24-23-17(28-18)12-29-20-22-16-9-4-2-7-14(16)19(27)25(20)10-5-11-26/h1-4,6-9,26H,5,10-12H2. The van der Waals surface area contributed by atoms with Crippen molar-refractivity contribution in [2.24, 2.45) is 0 Å². The number of benzene rings is 2. The molecule has 0 amide bonds. The Kier molecular flexibility index (Phi) is 5.94. The highest BCUT2D eigenvalue weighted by Gasteiger charge is 2.15. The Hall–Kier alpha value is -2.68. The van der Waals surface area contributed by atoms with E-state index in [1.54, 1.807) is 22.8 Å². The summed E-state index contributed by atoms with van der Waals surface area (Å²) < 4.78 is 7.31. The molecule has 9 heteroatoms. The van der Waals surface area contributed by atoms with Crippen LogP contribution in [-0.4, -0.2) is 31.5 Å². The van der Waals surface area contributed by atoms with E-state index in [0.717, 1.165) is 0 Å². The number of rotatable bonds is 7. The Morgan fingerprint density at radius 1 is 1.10 bits per heavy atom. The van der Waals surface area contributed by atoms with Crippen LogP contribution in [-0.2, 0) is 12.3 Å². The largest absolute Gasteiger partial charge is 0.420 e. The minimum absolute atomic E-state index is 0.00573. The third-order valence-electron chi connectivity index (χ3n) is 4.26. The average Bonchev–Trinajstić information content (AvgIpc) is 3.21. The summed E-state index contributed by atoms with van der Waals surface area (Å²) in [6, 6.07) is 14.5. The van der Waals surface area contributed by atoms with Gasteiger partial charge >= 0.3 is 0 Å². The van der Waals surface area contributed by atoms with Crippen molar-refractivity contribution in [1.29, 1.82) is 0 Å². The number of halogens is 1. The highest BCUT2D eigenvalue weighted by atomic mass is 35.5. The predicted octanol–water partition coefficient (Wildman–Crippen LogP) is 3.77. The lowest BCUT2D eigenvalue weighted by atomic mass is 10.2. The van der Waals surface area contributed by atoms with Gasteiger partial charge in [-0.1, -0.05) is 47.6 Å². The number of aliphatic hydroxyl groups excluding tert-OH is 1. The summed E-state index contributed by atoms with van der Waals surface area (Å²) in [5, 5.41) is 18.9. The summed E-state index contributed by atoms with van der Waals surface area (Å²) in [6.07, 6.45) is 0.463. The lowest BCUT2D eigenvalue weighted by molar-refractivity contribution is 0.276. The first-order valence-corrected chi connectivity index (χ1v) is 10.3. The molecule has 0 spiro atoms. The van der Waals surface area contributed by atoms with Crippen molar-refractivity contribution in [3.63, 3.8) is 0 Å². The zero-order valence-corrected chi connectivity index (χ0v) is 16.9. The predicted molar refractivity (Wildman–Crippen MR) is 112 cm³/mol. The minimum Gasteiger partial charge on any atom is -0.420 e. The van der Waals surface area contributed by atoms with Gasteiger partial charge in [-0.15, -0.1) is 10.2 Å². The van der Waals surface area contributed by atoms with Crippen LogP contribution in [0.15, 0.2) is 62.9 Å². The Morgan fingerprint density at radius 3 is 2.72 bits per heavy atom. The molecule has 0 aliphatic rings. The maximum absolute atomic E-state index is 12.9. The molecular weight excluding hydrogens is 412 g/mol. The van der Waals surface area contributed by atoms with Gasteiger partial charge in [0.2, 0.25) is 11.8 Å². The van der Waals surface area contributed by atoms with E-state index < -0.39 is 0 Å². The molecule has 0 fully saturated rings. The fourth-order valence-corrected chi connectivity index (χ4v) is 3.94. The van der Waals surface area contributed by atoms with Crippen LogP contribution in [0.5, 0.6) is 0 Å². The third kappa shape index (κ3) is 4.19. The van der Waals surface area contributed by atoms with Crippen molar-refractivity contribution < 1.29 is 9.52 Å². The molecule has 0 bridgehead atoms. The molecule has 2 heterocycles. The summed E-state index contributed by atoms with van der Waals surface area (Å²) in [7, 11) is 0. The SMILES string of the molecule is O=c1c2ccccc2nc(SCc2nnc(-c3ccccc3Cl)o2)n1CCCO. The van der Waals surface area contributed by atoms with Crippen LogP contribution >= 0.6 is 23.4 Å². The number of aromatic nitrogens is 4. The van der Waals surface area contributed by atoms with Crippen LogP contribution in [0.4, 0.5) is 0 Å². The quantitative estimate of drug-likeness (QED) is 0.353. The van der Waals surface area contributed by atoms with Gasteiger partial charge in [0.05, 0.1) is 27.2 Å². The van der Waals surface area contributed by atoms with Gasteiger partial charge in [-0.2, -0.15) is 0 Å². The van der Waals surface area contributed by atoms with E-state index in [-0.39, 0.29) is 12.2 Å². The molecule has 2 aromatic carbocycles. The number of aliphatic hydroxyl groups is 1. The van der Waals surface area contributed by atoms with Crippen LogP contribution in [0, 0.1) is 0 Å². The summed E-state index contributed by atoms with van der Waals surface area (Å²) in [6.45, 7) is 0.373. The summed E-state index contributed by atoms with van der Waals surface area (Å²) >= 11 is 7.51. The first-order valence-electron chi connectivity index (χ1n) is 8.98. The van der Waals surface area contributed by atoms with Crippen molar-refractivity contribution in [1.82, 2.24) is 19.7 Å². The average molecular weight is 429 g/mol. The molecule has 4 aromatic rings. The monoisotopic (exact) mass is 428 g/mol. The van der Waals surface area contributed by atoms with E-state index >= 15 is 0 Å². The Labute approximate surface area is 175 Å². The van der Waals surface area contributed by atoms with Gasteiger partial charge in [0, 0.05) is 13.2 Å². The van der Waals surface area contributed by atoms with Crippen molar-refractivity contribution in [2.75, 3.05) is 6.61 Å². The third-order valence-corrected chi connectivity index (χ3v) is 5.55. The summed E-state index contributed by atoms with van der Waals surface area (Å²) in [4.78, 5) is 17.5. The first-order chi connectivity index (χ1) is 14.2. The maximum Gasteiger partial charge on any atom is 0.262 e. The normalized spacial score (nSPS) is 11.2. The fourth-order valence-electron chi connectivity index (χ4n) is 2.87. The Balaban J connectivity index is 1.61. The van der Waals surface area contributed by atoms with Crippen LogP contribution in [0.1, 0.15) is 12.3 Å². The number of hydrogen-bond acceptors (Lipinski definition) is 7. The van der Waals surface area contributed by atoms with Crippen molar-refractivity contribution in [3.05, 3.63) is 69.8 Å². The zero-order valence-electron chi connectivity index (χ0n) is 15.3. The van der Waals surface area contributed by atoms with Crippen molar-refractivity contribution >= 4 is 34.3 Å². The molecule has 4 rings (SSSR count). The first kappa shape index (κ1) is 19.6. The second-order valence-electron chi connectivity index (χ2n) is 6.21. The van der Waals surface area contributed by atoms with Gasteiger partial charge in [0.1, 0.15) is 0 Å². The number of nitrogens with zero attached hydrogens (tertiary/aromatic N) is 4. The molecule has 1 N–H and O–H groups in total. The fraction of sp³-hybridized carbons (Fsp3) is 0.200. The number of thioether (sulfide) groups is 1. The molecule has 7 nitrogen and oxygen atoms in total. The van der Waals surface area contributed by atoms with Gasteiger partial charge in [-0.25, -0.2) is 4.98 Å². The summed E-state index contributed by atoms with van der Waals surface area (Å²) in [5.41, 5.74) is 1.16. The van der Waals surface area contributed by atoms with Crippen LogP contribution in [0.2, 0.25) is 5.02 Å².